The summed E-state index contributed by atoms with van der Waals surface area (Å²) in [4.78, 5) is 26.5. The molecule has 6 nitrogen and oxygen atoms in total. The Bertz CT molecular complexity index is 562. The van der Waals surface area contributed by atoms with Crippen LogP contribution in [0.15, 0.2) is 41.4 Å². The molecule has 0 aliphatic carbocycles. The van der Waals surface area contributed by atoms with Crippen LogP contribution in [0.1, 0.15) is 13.8 Å². The van der Waals surface area contributed by atoms with Crippen molar-refractivity contribution in [3.8, 4) is 0 Å². The summed E-state index contributed by atoms with van der Waals surface area (Å²) >= 11 is 1.38. The quantitative estimate of drug-likeness (QED) is 0.493. The molecule has 1 heterocycles. The van der Waals surface area contributed by atoms with E-state index >= 15 is 0 Å². The van der Waals surface area contributed by atoms with E-state index in [4.69, 9.17) is 5.84 Å². The van der Waals surface area contributed by atoms with E-state index in [-0.39, 0.29) is 11.2 Å². The van der Waals surface area contributed by atoms with Crippen LogP contribution in [0.2, 0.25) is 0 Å². The first-order chi connectivity index (χ1) is 10.6. The fourth-order valence-corrected chi connectivity index (χ4v) is 3.36. The molecule has 7 heteroatoms. The van der Waals surface area contributed by atoms with Crippen molar-refractivity contribution in [1.82, 2.24) is 10.3 Å². The normalized spacial score (nSPS) is 17.4. The standard InChI is InChI=1S/C15H19N4O2S/c1-11(2)8-18(12-6-4-3-5-7-12)15-19(14(21)17-16)13(9-20)10-22-15/h3-7,10-11,15H,8,16H2,1-2H3,(H,17,21). The maximum atomic E-state index is 12.0. The summed E-state index contributed by atoms with van der Waals surface area (Å²) in [6.45, 7) is 4.93. The van der Waals surface area contributed by atoms with E-state index in [2.05, 4.69) is 24.2 Å². The highest BCUT2D eigenvalue weighted by atomic mass is 32.2. The highest BCUT2D eigenvalue weighted by Crippen LogP contribution is 2.35. The monoisotopic (exact) mass is 319 g/mol. The topological polar surface area (TPSA) is 78.7 Å². The molecule has 1 radical (unpaired) electrons. The predicted molar refractivity (Wildman–Crippen MR) is 88.3 cm³/mol. The van der Waals surface area contributed by atoms with E-state index in [0.717, 1.165) is 12.2 Å². The molecular formula is C15H19N4O2S. The molecule has 1 atom stereocenters. The van der Waals surface area contributed by atoms with Gasteiger partial charge in [0.05, 0.1) is 0 Å². The number of urea groups is 1. The van der Waals surface area contributed by atoms with Crippen LogP contribution >= 0.6 is 11.8 Å². The van der Waals surface area contributed by atoms with Crippen LogP contribution in [0.25, 0.3) is 0 Å². The number of carbonyl (C=O) groups excluding carboxylic acids is 2. The van der Waals surface area contributed by atoms with Crippen LogP contribution in [-0.2, 0) is 4.79 Å². The van der Waals surface area contributed by atoms with E-state index in [9.17, 15) is 9.59 Å². The second-order valence-corrected chi connectivity index (χ2v) is 6.20. The zero-order valence-corrected chi connectivity index (χ0v) is 13.3. The molecule has 0 spiro atoms. The smallest absolute Gasteiger partial charge is 0.338 e. The Labute approximate surface area is 134 Å². The van der Waals surface area contributed by atoms with Crippen molar-refractivity contribution in [2.75, 3.05) is 11.4 Å². The molecule has 1 aromatic carbocycles. The van der Waals surface area contributed by atoms with Crippen LogP contribution in [0.3, 0.4) is 0 Å². The zero-order valence-electron chi connectivity index (χ0n) is 12.5. The molecule has 3 N–H and O–H groups in total. The summed E-state index contributed by atoms with van der Waals surface area (Å²) < 4.78 is 0. The maximum absolute atomic E-state index is 12.0. The van der Waals surface area contributed by atoms with E-state index in [1.165, 1.54) is 16.7 Å². The largest absolute Gasteiger partial charge is 0.342 e. The summed E-state index contributed by atoms with van der Waals surface area (Å²) in [7, 11) is 0. The molecule has 117 valence electrons. The summed E-state index contributed by atoms with van der Waals surface area (Å²) in [5.74, 6) is 5.63. The lowest BCUT2D eigenvalue weighted by atomic mass is 10.2. The van der Waals surface area contributed by atoms with Gasteiger partial charge in [-0.1, -0.05) is 43.8 Å². The Morgan fingerprint density at radius 3 is 2.68 bits per heavy atom. The molecule has 2 amide bonds. The fraction of sp³-hybridized carbons (Fsp3) is 0.333. The first-order valence-corrected chi connectivity index (χ1v) is 7.88. The Hall–Kier alpha value is -1.99. The van der Waals surface area contributed by atoms with E-state index in [1.807, 2.05) is 30.3 Å². The average molecular weight is 319 g/mol. The number of rotatable bonds is 5. The number of allylic oxidation sites excluding steroid dienone is 1. The van der Waals surface area contributed by atoms with Crippen molar-refractivity contribution < 1.29 is 9.59 Å². The predicted octanol–water partition coefficient (Wildman–Crippen LogP) is 2.02. The highest BCUT2D eigenvalue weighted by Gasteiger charge is 2.36. The molecule has 0 bridgehead atoms. The van der Waals surface area contributed by atoms with Crippen LogP contribution < -0.4 is 16.2 Å². The Balaban J connectivity index is 2.34. The maximum Gasteiger partial charge on any atom is 0.338 e. The second-order valence-electron chi connectivity index (χ2n) is 5.27. The number of hydrogen-bond acceptors (Lipinski definition) is 5. The molecule has 0 fully saturated rings. The van der Waals surface area contributed by atoms with Crippen LogP contribution in [-0.4, -0.2) is 29.3 Å². The molecule has 1 aliphatic heterocycles. The number of nitrogens with two attached hydrogens (primary N) is 1. The lowest BCUT2D eigenvalue weighted by molar-refractivity contribution is 0.209. The van der Waals surface area contributed by atoms with Gasteiger partial charge >= 0.3 is 6.03 Å². The van der Waals surface area contributed by atoms with Gasteiger partial charge in [-0.15, -0.1) is 0 Å². The minimum Gasteiger partial charge on any atom is -0.342 e. The van der Waals surface area contributed by atoms with E-state index in [1.54, 1.807) is 11.7 Å². The van der Waals surface area contributed by atoms with Crippen molar-refractivity contribution in [3.63, 3.8) is 0 Å². The number of nitrogens with zero attached hydrogens (tertiary/aromatic N) is 2. The van der Waals surface area contributed by atoms with Crippen molar-refractivity contribution in [2.45, 2.75) is 19.3 Å². The number of hydrogen-bond donors (Lipinski definition) is 2. The van der Waals surface area contributed by atoms with Crippen LogP contribution in [0.5, 0.6) is 0 Å². The van der Waals surface area contributed by atoms with Gasteiger partial charge in [0.15, 0.2) is 5.50 Å². The molecule has 2 rings (SSSR count). The summed E-state index contributed by atoms with van der Waals surface area (Å²) in [6, 6.07) is 9.24. The Morgan fingerprint density at radius 1 is 1.45 bits per heavy atom. The number of carbonyl (C=O) groups is 1. The third kappa shape index (κ3) is 3.42. The number of anilines is 1. The molecular weight excluding hydrogens is 300 g/mol. The van der Waals surface area contributed by atoms with Gasteiger partial charge in [-0.05, 0) is 18.1 Å². The van der Waals surface area contributed by atoms with E-state index < -0.39 is 6.03 Å². The lowest BCUT2D eigenvalue weighted by Gasteiger charge is -2.37. The van der Waals surface area contributed by atoms with Crippen molar-refractivity contribution in [1.29, 1.82) is 0 Å². The lowest BCUT2D eigenvalue weighted by Crippen LogP contribution is -2.52. The number of para-hydroxylation sites is 1. The molecule has 1 aromatic rings. The number of thioether (sulfide) groups is 1. The van der Waals surface area contributed by atoms with Crippen molar-refractivity contribution >= 4 is 29.8 Å². The van der Waals surface area contributed by atoms with Crippen LogP contribution in [0.4, 0.5) is 10.5 Å². The minimum absolute atomic E-state index is 0.183. The second kappa shape index (κ2) is 7.33. The molecule has 0 aromatic heterocycles. The third-order valence-corrected chi connectivity index (χ3v) is 4.21. The Morgan fingerprint density at radius 2 is 2.14 bits per heavy atom. The number of amides is 2. The zero-order chi connectivity index (χ0) is 16.1. The van der Waals surface area contributed by atoms with Gasteiger partial charge in [0, 0.05) is 17.6 Å². The number of benzene rings is 1. The Kier molecular flexibility index (Phi) is 5.46. The number of hydrazine groups is 1. The van der Waals surface area contributed by atoms with Gasteiger partial charge in [-0.3, -0.25) is 15.1 Å². The van der Waals surface area contributed by atoms with Crippen molar-refractivity contribution in [3.05, 3.63) is 41.4 Å². The SMILES string of the molecule is CC(C)CN(c1ccccc1)C1SC=C([C]=O)N1C(=O)NN. The fourth-order valence-electron chi connectivity index (χ4n) is 2.26. The molecule has 1 aliphatic rings. The summed E-state index contributed by atoms with van der Waals surface area (Å²) in [5.41, 5.74) is 2.88. The highest BCUT2D eigenvalue weighted by molar-refractivity contribution is 8.03. The third-order valence-electron chi connectivity index (χ3n) is 3.14. The summed E-state index contributed by atoms with van der Waals surface area (Å²) in [6.07, 6.45) is 1.79. The van der Waals surface area contributed by atoms with Crippen LogP contribution in [0, 0.1) is 5.92 Å². The average Bonchev–Trinajstić information content (AvgIpc) is 2.96. The summed E-state index contributed by atoms with van der Waals surface area (Å²) in [5, 5.41) is 1.63. The van der Waals surface area contributed by atoms with Gasteiger partial charge in [0.25, 0.3) is 6.29 Å². The van der Waals surface area contributed by atoms with Gasteiger partial charge in [0.1, 0.15) is 5.70 Å². The first-order valence-electron chi connectivity index (χ1n) is 6.93. The minimum atomic E-state index is -0.533. The van der Waals surface area contributed by atoms with Crippen molar-refractivity contribution in [2.24, 2.45) is 11.8 Å². The molecule has 1 unspecified atom stereocenters. The van der Waals surface area contributed by atoms with Gasteiger partial charge in [-0.25, -0.2) is 10.6 Å². The molecule has 0 saturated heterocycles. The van der Waals surface area contributed by atoms with Gasteiger partial charge in [-0.2, -0.15) is 0 Å². The number of nitrogens with one attached hydrogen (secondary N) is 1. The molecule has 0 saturated carbocycles. The van der Waals surface area contributed by atoms with Gasteiger partial charge in [0.2, 0.25) is 0 Å². The van der Waals surface area contributed by atoms with E-state index in [0.29, 0.717) is 5.92 Å². The first kappa shape index (κ1) is 16.4. The molecule has 22 heavy (non-hydrogen) atoms. The van der Waals surface area contributed by atoms with Gasteiger partial charge < -0.3 is 4.90 Å².